The Hall–Kier alpha value is -2.08. The summed E-state index contributed by atoms with van der Waals surface area (Å²) in [6.45, 7) is 6.56. The molecule has 116 valence electrons. The molecule has 0 bridgehead atoms. The van der Waals surface area contributed by atoms with Crippen LogP contribution in [-0.2, 0) is 0 Å². The fraction of sp³-hybridized carbons (Fsp3) is 0.400. The van der Waals surface area contributed by atoms with E-state index in [2.05, 4.69) is 14.9 Å². The smallest absolute Gasteiger partial charge is 0.289 e. The predicted octanol–water partition coefficient (Wildman–Crippen LogP) is 2.30. The summed E-state index contributed by atoms with van der Waals surface area (Å²) in [6.07, 6.45) is 0. The lowest BCUT2D eigenvalue weighted by Gasteiger charge is -2.35. The van der Waals surface area contributed by atoms with E-state index in [1.165, 1.54) is 0 Å². The number of amides is 1. The van der Waals surface area contributed by atoms with Crippen molar-refractivity contribution in [3.63, 3.8) is 0 Å². The van der Waals surface area contributed by atoms with Gasteiger partial charge < -0.3 is 14.2 Å². The van der Waals surface area contributed by atoms with Crippen LogP contribution >= 0.6 is 11.6 Å². The fourth-order valence-corrected chi connectivity index (χ4v) is 2.73. The molecule has 0 radical (unpaired) electrons. The Balaban J connectivity index is 1.66. The van der Waals surface area contributed by atoms with Gasteiger partial charge in [-0.1, -0.05) is 0 Å². The molecule has 1 aliphatic heterocycles. The van der Waals surface area contributed by atoms with Gasteiger partial charge in [-0.15, -0.1) is 0 Å². The molecule has 0 atom stereocenters. The van der Waals surface area contributed by atoms with Crippen molar-refractivity contribution >= 4 is 23.3 Å². The van der Waals surface area contributed by atoms with E-state index in [9.17, 15) is 4.79 Å². The normalized spacial score (nSPS) is 15.2. The van der Waals surface area contributed by atoms with Crippen LogP contribution in [0, 0.1) is 13.8 Å². The van der Waals surface area contributed by atoms with E-state index in [-0.39, 0.29) is 16.9 Å². The highest BCUT2D eigenvalue weighted by Crippen LogP contribution is 2.18. The lowest BCUT2D eigenvalue weighted by molar-refractivity contribution is 0.0714. The molecule has 0 aromatic carbocycles. The summed E-state index contributed by atoms with van der Waals surface area (Å²) in [6, 6.07) is 5.16. The molecule has 0 unspecified atom stereocenters. The van der Waals surface area contributed by atoms with Crippen LogP contribution in [0.3, 0.4) is 0 Å². The number of aryl methyl sites for hydroxylation is 2. The molecular weight excluding hydrogens is 304 g/mol. The number of carbonyl (C=O) groups excluding carboxylic acids is 1. The first-order valence-electron chi connectivity index (χ1n) is 7.15. The van der Waals surface area contributed by atoms with Gasteiger partial charge in [-0.25, -0.2) is 9.97 Å². The van der Waals surface area contributed by atoms with Crippen molar-refractivity contribution < 1.29 is 9.21 Å². The van der Waals surface area contributed by atoms with Gasteiger partial charge in [0.25, 0.3) is 5.91 Å². The molecule has 7 heteroatoms. The van der Waals surface area contributed by atoms with Gasteiger partial charge in [0.1, 0.15) is 11.6 Å². The Kier molecular flexibility index (Phi) is 4.02. The van der Waals surface area contributed by atoms with E-state index < -0.39 is 0 Å². The number of piperazine rings is 1. The minimum absolute atomic E-state index is 0.124. The summed E-state index contributed by atoms with van der Waals surface area (Å²) < 4.78 is 5.18. The number of furan rings is 1. The number of carbonyl (C=O) groups is 1. The molecule has 3 rings (SSSR count). The summed E-state index contributed by atoms with van der Waals surface area (Å²) in [7, 11) is 0. The second-order valence-electron chi connectivity index (χ2n) is 5.30. The van der Waals surface area contributed by atoms with Crippen molar-refractivity contribution in [3.8, 4) is 0 Å². The molecule has 0 N–H and O–H groups in total. The van der Waals surface area contributed by atoms with Crippen LogP contribution in [0.4, 0.5) is 5.82 Å². The predicted molar refractivity (Wildman–Crippen MR) is 83.3 cm³/mol. The van der Waals surface area contributed by atoms with E-state index in [4.69, 9.17) is 16.0 Å². The molecular formula is C15H17ClN4O2. The molecule has 0 saturated carbocycles. The van der Waals surface area contributed by atoms with Crippen LogP contribution in [0.15, 0.2) is 22.6 Å². The average molecular weight is 321 g/mol. The summed E-state index contributed by atoms with van der Waals surface area (Å²) in [4.78, 5) is 25.0. The zero-order valence-electron chi connectivity index (χ0n) is 12.5. The number of hydrogen-bond donors (Lipinski definition) is 0. The Bertz CT molecular complexity index is 672. The molecule has 2 aromatic rings. The Morgan fingerprint density at radius 1 is 1.18 bits per heavy atom. The molecule has 1 fully saturated rings. The van der Waals surface area contributed by atoms with Crippen molar-refractivity contribution in [2.75, 3.05) is 31.1 Å². The SMILES string of the molecule is Cc1cc(N2CCN(C(=O)c3ccc(Cl)o3)CC2)nc(C)n1. The average Bonchev–Trinajstić information content (AvgIpc) is 2.92. The first-order chi connectivity index (χ1) is 10.5. The highest BCUT2D eigenvalue weighted by Gasteiger charge is 2.25. The van der Waals surface area contributed by atoms with E-state index in [1.54, 1.807) is 17.0 Å². The number of halogens is 1. The van der Waals surface area contributed by atoms with Crippen LogP contribution in [0.1, 0.15) is 22.1 Å². The second kappa shape index (κ2) is 5.96. The van der Waals surface area contributed by atoms with Crippen LogP contribution in [0.25, 0.3) is 0 Å². The van der Waals surface area contributed by atoms with E-state index >= 15 is 0 Å². The van der Waals surface area contributed by atoms with Gasteiger partial charge in [-0.2, -0.15) is 0 Å². The van der Waals surface area contributed by atoms with Gasteiger partial charge in [0.05, 0.1) is 0 Å². The van der Waals surface area contributed by atoms with E-state index in [0.717, 1.165) is 30.4 Å². The third kappa shape index (κ3) is 3.06. The molecule has 0 aliphatic carbocycles. The van der Waals surface area contributed by atoms with Gasteiger partial charge in [0, 0.05) is 37.9 Å². The molecule has 3 heterocycles. The fourth-order valence-electron chi connectivity index (χ4n) is 2.58. The molecule has 6 nitrogen and oxygen atoms in total. The van der Waals surface area contributed by atoms with Gasteiger partial charge in [-0.05, 0) is 37.6 Å². The molecule has 2 aromatic heterocycles. The maximum atomic E-state index is 12.3. The zero-order valence-corrected chi connectivity index (χ0v) is 13.3. The summed E-state index contributed by atoms with van der Waals surface area (Å²) >= 11 is 5.72. The molecule has 1 saturated heterocycles. The van der Waals surface area contributed by atoms with Crippen molar-refractivity contribution in [1.29, 1.82) is 0 Å². The van der Waals surface area contributed by atoms with E-state index in [0.29, 0.717) is 13.1 Å². The maximum absolute atomic E-state index is 12.3. The van der Waals surface area contributed by atoms with Crippen LogP contribution in [-0.4, -0.2) is 47.0 Å². The van der Waals surface area contributed by atoms with Gasteiger partial charge >= 0.3 is 0 Å². The number of anilines is 1. The number of rotatable bonds is 2. The third-order valence-corrected chi connectivity index (χ3v) is 3.83. The largest absolute Gasteiger partial charge is 0.440 e. The summed E-state index contributed by atoms with van der Waals surface area (Å²) in [5.74, 6) is 1.84. The second-order valence-corrected chi connectivity index (χ2v) is 5.67. The number of hydrogen-bond acceptors (Lipinski definition) is 5. The highest BCUT2D eigenvalue weighted by atomic mass is 35.5. The highest BCUT2D eigenvalue weighted by molar-refractivity contribution is 6.29. The molecule has 1 amide bonds. The van der Waals surface area contributed by atoms with E-state index in [1.807, 2.05) is 19.9 Å². The summed E-state index contributed by atoms with van der Waals surface area (Å²) in [5, 5.41) is 0.230. The van der Waals surface area contributed by atoms with Crippen molar-refractivity contribution in [2.24, 2.45) is 0 Å². The van der Waals surface area contributed by atoms with Crippen molar-refractivity contribution in [1.82, 2.24) is 14.9 Å². The monoisotopic (exact) mass is 320 g/mol. The molecule has 0 spiro atoms. The first kappa shape index (κ1) is 14.8. The van der Waals surface area contributed by atoms with Crippen LogP contribution in [0.2, 0.25) is 5.22 Å². The lowest BCUT2D eigenvalue weighted by Crippen LogP contribution is -2.49. The number of aromatic nitrogens is 2. The minimum atomic E-state index is -0.124. The molecule has 22 heavy (non-hydrogen) atoms. The Labute approximate surface area is 133 Å². The maximum Gasteiger partial charge on any atom is 0.289 e. The third-order valence-electron chi connectivity index (χ3n) is 3.63. The number of nitrogens with zero attached hydrogens (tertiary/aromatic N) is 4. The first-order valence-corrected chi connectivity index (χ1v) is 7.52. The van der Waals surface area contributed by atoms with Gasteiger partial charge in [0.2, 0.25) is 0 Å². The quantitative estimate of drug-likeness (QED) is 0.849. The van der Waals surface area contributed by atoms with Crippen molar-refractivity contribution in [2.45, 2.75) is 13.8 Å². The zero-order chi connectivity index (χ0) is 15.7. The lowest BCUT2D eigenvalue weighted by atomic mass is 10.2. The van der Waals surface area contributed by atoms with Crippen molar-refractivity contribution in [3.05, 3.63) is 40.7 Å². The van der Waals surface area contributed by atoms with Gasteiger partial charge in [-0.3, -0.25) is 4.79 Å². The van der Waals surface area contributed by atoms with Crippen LogP contribution < -0.4 is 4.90 Å². The van der Waals surface area contributed by atoms with Gasteiger partial charge in [0.15, 0.2) is 11.0 Å². The summed E-state index contributed by atoms with van der Waals surface area (Å²) in [5.41, 5.74) is 0.950. The topological polar surface area (TPSA) is 62.5 Å². The Morgan fingerprint density at radius 3 is 2.50 bits per heavy atom. The standard InChI is InChI=1S/C15H17ClN4O2/c1-10-9-14(18-11(2)17-10)19-5-7-20(8-6-19)15(21)12-3-4-13(16)22-12/h3-4,9H,5-8H2,1-2H3. The Morgan fingerprint density at radius 2 is 1.91 bits per heavy atom. The molecule has 1 aliphatic rings. The minimum Gasteiger partial charge on any atom is -0.440 e. The van der Waals surface area contributed by atoms with Crippen LogP contribution in [0.5, 0.6) is 0 Å².